The van der Waals surface area contributed by atoms with Crippen molar-refractivity contribution in [3.05, 3.63) is 0 Å². The minimum absolute atomic E-state index is 0.0434. The van der Waals surface area contributed by atoms with Crippen LogP contribution in [0.25, 0.3) is 0 Å². The second kappa shape index (κ2) is 5.59. The molecule has 0 aromatic rings. The van der Waals surface area contributed by atoms with Crippen LogP contribution in [0.1, 0.15) is 38.5 Å². The summed E-state index contributed by atoms with van der Waals surface area (Å²) in [5, 5.41) is 0. The first-order chi connectivity index (χ1) is 8.59. The van der Waals surface area contributed by atoms with Crippen molar-refractivity contribution in [2.45, 2.75) is 44.8 Å². The Balaban J connectivity index is 1.88. The molecule has 1 saturated carbocycles. The second-order valence-corrected chi connectivity index (χ2v) is 5.33. The zero-order valence-electron chi connectivity index (χ0n) is 11.2. The molecule has 0 bridgehead atoms. The van der Waals surface area contributed by atoms with Gasteiger partial charge in [0.15, 0.2) is 6.23 Å². The molecule has 1 heterocycles. The van der Waals surface area contributed by atoms with Gasteiger partial charge in [0.05, 0.1) is 5.92 Å². The van der Waals surface area contributed by atoms with Crippen LogP contribution in [0.15, 0.2) is 0 Å². The van der Waals surface area contributed by atoms with Crippen LogP contribution in [0.2, 0.25) is 0 Å². The van der Waals surface area contributed by atoms with Crippen LogP contribution in [-0.2, 0) is 9.53 Å². The van der Waals surface area contributed by atoms with E-state index in [0.29, 0.717) is 13.0 Å². The summed E-state index contributed by atoms with van der Waals surface area (Å²) < 4.78 is 5.50. The van der Waals surface area contributed by atoms with Crippen molar-refractivity contribution in [2.24, 2.45) is 5.92 Å². The summed E-state index contributed by atoms with van der Waals surface area (Å²) in [7, 11) is 3.45. The number of rotatable bonds is 2. The summed E-state index contributed by atoms with van der Waals surface area (Å²) in [6.45, 7) is 0.645. The van der Waals surface area contributed by atoms with E-state index in [9.17, 15) is 9.59 Å². The first-order valence-electron chi connectivity index (χ1n) is 6.78. The van der Waals surface area contributed by atoms with Crippen LogP contribution in [0.4, 0.5) is 4.79 Å². The molecule has 0 aromatic carbocycles. The Morgan fingerprint density at radius 1 is 1.17 bits per heavy atom. The van der Waals surface area contributed by atoms with E-state index in [1.165, 1.54) is 11.3 Å². The van der Waals surface area contributed by atoms with Gasteiger partial charge in [0.25, 0.3) is 0 Å². The van der Waals surface area contributed by atoms with Gasteiger partial charge in [0.2, 0.25) is 0 Å². The molecule has 5 nitrogen and oxygen atoms in total. The number of esters is 1. The molecule has 2 rings (SSSR count). The normalized spacial score (nSPS) is 26.3. The van der Waals surface area contributed by atoms with Crippen molar-refractivity contribution >= 4 is 12.0 Å². The molecule has 102 valence electrons. The molecule has 1 aliphatic carbocycles. The molecule has 1 unspecified atom stereocenters. The van der Waals surface area contributed by atoms with Crippen LogP contribution in [0.5, 0.6) is 0 Å². The average Bonchev–Trinajstić information content (AvgIpc) is 2.40. The number of carbonyl (C=O) groups is 2. The summed E-state index contributed by atoms with van der Waals surface area (Å²) in [4.78, 5) is 26.9. The zero-order chi connectivity index (χ0) is 13.1. The van der Waals surface area contributed by atoms with Crippen LogP contribution in [-0.4, -0.2) is 48.7 Å². The van der Waals surface area contributed by atoms with Crippen molar-refractivity contribution in [1.29, 1.82) is 0 Å². The number of nitrogens with zero attached hydrogens (tertiary/aromatic N) is 2. The predicted octanol–water partition coefficient (Wildman–Crippen LogP) is 1.82. The van der Waals surface area contributed by atoms with E-state index in [1.807, 2.05) is 0 Å². The van der Waals surface area contributed by atoms with Gasteiger partial charge in [-0.1, -0.05) is 19.3 Å². The molecule has 1 atom stereocenters. The molecule has 18 heavy (non-hydrogen) atoms. The highest BCUT2D eigenvalue weighted by Gasteiger charge is 2.33. The Bertz CT molecular complexity index is 326. The first kappa shape index (κ1) is 13.2. The number of hydrogen-bond acceptors (Lipinski definition) is 3. The number of hydrogen-bond donors (Lipinski definition) is 0. The highest BCUT2D eigenvalue weighted by atomic mass is 16.6. The standard InChI is InChI=1S/C13H22N2O3/c1-14-9-8-11(15(2)13(14)17)18-12(16)10-6-4-3-5-7-10/h10-11H,3-9H2,1-2H3. The zero-order valence-corrected chi connectivity index (χ0v) is 11.2. The lowest BCUT2D eigenvalue weighted by atomic mass is 9.89. The SMILES string of the molecule is CN1CCC(OC(=O)C2CCCCC2)N(C)C1=O. The fourth-order valence-electron chi connectivity index (χ4n) is 2.69. The maximum atomic E-state index is 12.0. The van der Waals surface area contributed by atoms with E-state index < -0.39 is 0 Å². The second-order valence-electron chi connectivity index (χ2n) is 5.33. The number of carbonyl (C=O) groups excluding carboxylic acids is 2. The van der Waals surface area contributed by atoms with Crippen molar-refractivity contribution in [2.75, 3.05) is 20.6 Å². The third kappa shape index (κ3) is 2.76. The molecule has 1 saturated heterocycles. The number of urea groups is 1. The molecule has 0 aromatic heterocycles. The fourth-order valence-corrected chi connectivity index (χ4v) is 2.69. The van der Waals surface area contributed by atoms with Gasteiger partial charge in [-0.2, -0.15) is 0 Å². The fraction of sp³-hybridized carbons (Fsp3) is 0.846. The quantitative estimate of drug-likeness (QED) is 0.706. The predicted molar refractivity (Wildman–Crippen MR) is 66.9 cm³/mol. The maximum absolute atomic E-state index is 12.0. The van der Waals surface area contributed by atoms with Gasteiger partial charge in [0.1, 0.15) is 0 Å². The Morgan fingerprint density at radius 3 is 2.50 bits per heavy atom. The Morgan fingerprint density at radius 2 is 1.83 bits per heavy atom. The summed E-state index contributed by atoms with van der Waals surface area (Å²) in [5.41, 5.74) is 0. The van der Waals surface area contributed by atoms with Crippen LogP contribution in [0, 0.1) is 5.92 Å². The van der Waals surface area contributed by atoms with Crippen LogP contribution in [0.3, 0.4) is 0 Å². The molecule has 2 fully saturated rings. The lowest BCUT2D eigenvalue weighted by Crippen LogP contribution is -2.52. The molecule has 0 radical (unpaired) electrons. The van der Waals surface area contributed by atoms with E-state index in [-0.39, 0.29) is 24.1 Å². The first-order valence-corrected chi connectivity index (χ1v) is 6.78. The monoisotopic (exact) mass is 254 g/mol. The molecule has 2 amide bonds. The largest absolute Gasteiger partial charge is 0.441 e. The minimum Gasteiger partial charge on any atom is -0.441 e. The summed E-state index contributed by atoms with van der Waals surface area (Å²) in [6.07, 6.45) is 5.62. The van der Waals surface area contributed by atoms with E-state index in [1.54, 1.807) is 19.0 Å². The van der Waals surface area contributed by atoms with Crippen molar-refractivity contribution in [1.82, 2.24) is 9.80 Å². The Hall–Kier alpha value is -1.26. The van der Waals surface area contributed by atoms with Gasteiger partial charge in [-0.25, -0.2) is 4.79 Å². The smallest absolute Gasteiger partial charge is 0.322 e. The number of amides is 2. The molecular formula is C13H22N2O3. The molecular weight excluding hydrogens is 232 g/mol. The van der Waals surface area contributed by atoms with Crippen molar-refractivity contribution < 1.29 is 14.3 Å². The summed E-state index contributed by atoms with van der Waals surface area (Å²) >= 11 is 0. The Kier molecular flexibility index (Phi) is 4.09. The Labute approximate surface area is 108 Å². The molecule has 2 aliphatic rings. The third-order valence-electron chi connectivity index (χ3n) is 3.96. The van der Waals surface area contributed by atoms with Gasteiger partial charge >= 0.3 is 12.0 Å². The lowest BCUT2D eigenvalue weighted by Gasteiger charge is -2.37. The van der Waals surface area contributed by atoms with Crippen LogP contribution >= 0.6 is 0 Å². The van der Waals surface area contributed by atoms with Crippen molar-refractivity contribution in [3.63, 3.8) is 0 Å². The highest BCUT2D eigenvalue weighted by molar-refractivity contribution is 5.76. The average molecular weight is 254 g/mol. The summed E-state index contributed by atoms with van der Waals surface area (Å²) in [5.74, 6) is -0.0780. The molecule has 1 aliphatic heterocycles. The van der Waals surface area contributed by atoms with Gasteiger partial charge in [-0.05, 0) is 12.8 Å². The van der Waals surface area contributed by atoms with E-state index in [4.69, 9.17) is 4.74 Å². The van der Waals surface area contributed by atoms with Crippen LogP contribution < -0.4 is 0 Å². The maximum Gasteiger partial charge on any atom is 0.322 e. The van der Waals surface area contributed by atoms with Gasteiger partial charge in [0, 0.05) is 27.1 Å². The van der Waals surface area contributed by atoms with Gasteiger partial charge in [-0.3, -0.25) is 9.69 Å². The molecule has 0 spiro atoms. The topological polar surface area (TPSA) is 49.9 Å². The van der Waals surface area contributed by atoms with Crippen molar-refractivity contribution in [3.8, 4) is 0 Å². The number of ether oxygens (including phenoxy) is 1. The van der Waals surface area contributed by atoms with E-state index >= 15 is 0 Å². The third-order valence-corrected chi connectivity index (χ3v) is 3.96. The molecule has 0 N–H and O–H groups in total. The van der Waals surface area contributed by atoms with E-state index in [2.05, 4.69) is 0 Å². The van der Waals surface area contributed by atoms with Gasteiger partial charge < -0.3 is 9.64 Å². The lowest BCUT2D eigenvalue weighted by molar-refractivity contribution is -0.164. The minimum atomic E-state index is -0.386. The molecule has 5 heteroatoms. The summed E-state index contributed by atoms with van der Waals surface area (Å²) in [6, 6.07) is -0.0808. The van der Waals surface area contributed by atoms with Gasteiger partial charge in [-0.15, -0.1) is 0 Å². The highest BCUT2D eigenvalue weighted by Crippen LogP contribution is 2.26. The van der Waals surface area contributed by atoms with E-state index in [0.717, 1.165) is 25.7 Å².